The normalized spacial score (nSPS) is 23.5. The van der Waals surface area contributed by atoms with Crippen molar-refractivity contribution in [2.24, 2.45) is 0 Å². The number of hydrogen-bond donors (Lipinski definition) is 2. The fourth-order valence-corrected chi connectivity index (χ4v) is 4.79. The molecule has 1 aromatic rings. The highest BCUT2D eigenvalue weighted by atomic mass is 32.2. The summed E-state index contributed by atoms with van der Waals surface area (Å²) in [6.07, 6.45) is 2.60. The molecule has 21 heavy (non-hydrogen) atoms. The van der Waals surface area contributed by atoms with Crippen molar-refractivity contribution in [2.75, 3.05) is 12.8 Å². The summed E-state index contributed by atoms with van der Waals surface area (Å²) < 4.78 is 27.1. The van der Waals surface area contributed by atoms with Gasteiger partial charge >= 0.3 is 0 Å². The van der Waals surface area contributed by atoms with Crippen LogP contribution >= 0.6 is 0 Å². The van der Waals surface area contributed by atoms with E-state index < -0.39 is 16.1 Å². The summed E-state index contributed by atoms with van der Waals surface area (Å²) in [7, 11) is -2.17. The zero-order chi connectivity index (χ0) is 15.8. The Kier molecular flexibility index (Phi) is 4.60. The summed E-state index contributed by atoms with van der Waals surface area (Å²) in [5.74, 6) is 0. The Morgan fingerprint density at radius 2 is 1.76 bits per heavy atom. The van der Waals surface area contributed by atoms with Gasteiger partial charge in [0.2, 0.25) is 10.0 Å². The van der Waals surface area contributed by atoms with E-state index in [0.717, 1.165) is 18.4 Å². The lowest BCUT2D eigenvalue weighted by atomic mass is 9.93. The molecule has 0 aromatic heterocycles. The highest BCUT2D eigenvalue weighted by molar-refractivity contribution is 7.89. The molecule has 0 bridgehead atoms. The van der Waals surface area contributed by atoms with Crippen LogP contribution in [0.15, 0.2) is 17.0 Å². The summed E-state index contributed by atoms with van der Waals surface area (Å²) >= 11 is 0. The molecule has 1 fully saturated rings. The number of nitrogen functional groups attached to an aromatic ring is 1. The van der Waals surface area contributed by atoms with E-state index in [9.17, 15) is 13.5 Å². The van der Waals surface area contributed by atoms with E-state index in [0.29, 0.717) is 24.1 Å². The van der Waals surface area contributed by atoms with Crippen molar-refractivity contribution in [1.29, 1.82) is 0 Å². The van der Waals surface area contributed by atoms with Crippen LogP contribution in [-0.4, -0.2) is 37.0 Å². The second-order valence-electron chi connectivity index (χ2n) is 5.88. The third-order valence-corrected chi connectivity index (χ3v) is 6.50. The van der Waals surface area contributed by atoms with E-state index >= 15 is 0 Å². The van der Waals surface area contributed by atoms with Crippen LogP contribution in [0.4, 0.5) is 5.69 Å². The molecule has 1 aliphatic rings. The molecule has 6 heteroatoms. The van der Waals surface area contributed by atoms with Crippen LogP contribution in [0, 0.1) is 13.8 Å². The fraction of sp³-hybridized carbons (Fsp3) is 0.600. The van der Waals surface area contributed by atoms with Gasteiger partial charge in [-0.1, -0.05) is 25.0 Å². The Hall–Kier alpha value is -1.11. The average Bonchev–Trinajstić information content (AvgIpc) is 2.43. The van der Waals surface area contributed by atoms with Crippen LogP contribution in [0.25, 0.3) is 0 Å². The van der Waals surface area contributed by atoms with Crippen LogP contribution < -0.4 is 5.73 Å². The minimum atomic E-state index is -3.71. The molecule has 0 radical (unpaired) electrons. The summed E-state index contributed by atoms with van der Waals surface area (Å²) in [6, 6.07) is 3.21. The molecule has 2 atom stereocenters. The lowest BCUT2D eigenvalue weighted by molar-refractivity contribution is 0.0638. The number of aliphatic hydroxyl groups is 1. The van der Waals surface area contributed by atoms with E-state index in [-0.39, 0.29) is 10.9 Å². The topological polar surface area (TPSA) is 83.6 Å². The first-order chi connectivity index (χ1) is 9.76. The number of anilines is 1. The Morgan fingerprint density at radius 1 is 1.19 bits per heavy atom. The highest BCUT2D eigenvalue weighted by Crippen LogP contribution is 2.32. The molecule has 0 saturated heterocycles. The van der Waals surface area contributed by atoms with Gasteiger partial charge in [0.15, 0.2) is 0 Å². The van der Waals surface area contributed by atoms with Crippen LogP contribution in [0.3, 0.4) is 0 Å². The monoisotopic (exact) mass is 312 g/mol. The predicted molar refractivity (Wildman–Crippen MR) is 83.5 cm³/mol. The Bertz CT molecular complexity index is 628. The van der Waals surface area contributed by atoms with Crippen LogP contribution in [0.5, 0.6) is 0 Å². The van der Waals surface area contributed by atoms with E-state index in [2.05, 4.69) is 0 Å². The van der Waals surface area contributed by atoms with Crippen molar-refractivity contribution in [2.45, 2.75) is 56.6 Å². The number of sulfonamides is 1. The van der Waals surface area contributed by atoms with Crippen molar-refractivity contribution in [1.82, 2.24) is 4.31 Å². The molecule has 118 valence electrons. The Morgan fingerprint density at radius 3 is 2.38 bits per heavy atom. The summed E-state index contributed by atoms with van der Waals surface area (Å²) in [6.45, 7) is 3.54. The minimum absolute atomic E-state index is 0.169. The molecule has 2 rings (SSSR count). The smallest absolute Gasteiger partial charge is 0.245 e. The van der Waals surface area contributed by atoms with Gasteiger partial charge in [0.1, 0.15) is 4.90 Å². The number of aliphatic hydroxyl groups excluding tert-OH is 1. The Labute approximate surface area is 126 Å². The lowest BCUT2D eigenvalue weighted by Gasteiger charge is -2.34. The van der Waals surface area contributed by atoms with Gasteiger partial charge in [0.25, 0.3) is 0 Å². The maximum atomic E-state index is 12.9. The molecular weight excluding hydrogens is 288 g/mol. The second-order valence-corrected chi connectivity index (χ2v) is 7.82. The van der Waals surface area contributed by atoms with Gasteiger partial charge in [-0.2, -0.15) is 4.31 Å². The van der Waals surface area contributed by atoms with Crippen molar-refractivity contribution in [3.05, 3.63) is 23.3 Å². The minimum Gasteiger partial charge on any atom is -0.397 e. The molecule has 5 nitrogen and oxygen atoms in total. The van der Waals surface area contributed by atoms with Crippen molar-refractivity contribution in [3.63, 3.8) is 0 Å². The van der Waals surface area contributed by atoms with Gasteiger partial charge in [0, 0.05) is 7.05 Å². The Balaban J connectivity index is 2.45. The molecule has 0 amide bonds. The van der Waals surface area contributed by atoms with E-state index in [1.54, 1.807) is 19.9 Å². The van der Waals surface area contributed by atoms with Gasteiger partial charge in [0.05, 0.1) is 17.8 Å². The third-order valence-electron chi connectivity index (χ3n) is 4.41. The summed E-state index contributed by atoms with van der Waals surface area (Å²) in [5, 5.41) is 10.1. The zero-order valence-electron chi connectivity index (χ0n) is 12.8. The summed E-state index contributed by atoms with van der Waals surface area (Å²) in [5.41, 5.74) is 7.68. The predicted octanol–water partition coefficient (Wildman–Crippen LogP) is 1.81. The van der Waals surface area contributed by atoms with Crippen molar-refractivity contribution in [3.8, 4) is 0 Å². The van der Waals surface area contributed by atoms with Crippen molar-refractivity contribution >= 4 is 15.7 Å². The zero-order valence-corrected chi connectivity index (χ0v) is 13.7. The standard InChI is InChI=1S/C15H24N2O3S/c1-10-8-9-11(2)15(14(10)16)21(19,20)17(3)12-6-4-5-7-13(12)18/h8-9,12-13,18H,4-7,16H2,1-3H3. The average molecular weight is 312 g/mol. The first kappa shape index (κ1) is 16.3. The number of aryl methyl sites for hydroxylation is 2. The highest BCUT2D eigenvalue weighted by Gasteiger charge is 2.36. The molecule has 2 unspecified atom stereocenters. The fourth-order valence-electron chi connectivity index (χ4n) is 2.99. The molecule has 0 heterocycles. The first-order valence-corrected chi connectivity index (χ1v) is 8.72. The lowest BCUT2D eigenvalue weighted by Crippen LogP contribution is -2.46. The van der Waals surface area contributed by atoms with E-state index in [4.69, 9.17) is 5.73 Å². The first-order valence-electron chi connectivity index (χ1n) is 7.28. The molecule has 1 aromatic carbocycles. The third kappa shape index (κ3) is 2.93. The molecule has 3 N–H and O–H groups in total. The van der Waals surface area contributed by atoms with Gasteiger partial charge in [-0.05, 0) is 37.8 Å². The molecular formula is C15H24N2O3S. The number of benzene rings is 1. The molecule has 0 spiro atoms. The van der Waals surface area contributed by atoms with Crippen molar-refractivity contribution < 1.29 is 13.5 Å². The maximum absolute atomic E-state index is 12.9. The van der Waals surface area contributed by atoms with Gasteiger partial charge < -0.3 is 10.8 Å². The van der Waals surface area contributed by atoms with Gasteiger partial charge in [-0.25, -0.2) is 8.42 Å². The summed E-state index contributed by atoms with van der Waals surface area (Å²) in [4.78, 5) is 0.169. The number of rotatable bonds is 3. The SMILES string of the molecule is Cc1ccc(C)c(S(=O)(=O)N(C)C2CCCCC2O)c1N. The van der Waals surface area contributed by atoms with E-state index in [1.807, 2.05) is 6.07 Å². The number of nitrogens with two attached hydrogens (primary N) is 1. The molecule has 0 aliphatic heterocycles. The van der Waals surface area contributed by atoms with E-state index in [1.165, 1.54) is 11.4 Å². The number of hydrogen-bond acceptors (Lipinski definition) is 4. The van der Waals surface area contributed by atoms with Gasteiger partial charge in [-0.15, -0.1) is 0 Å². The largest absolute Gasteiger partial charge is 0.397 e. The molecule has 1 saturated carbocycles. The van der Waals surface area contributed by atoms with Gasteiger partial charge in [-0.3, -0.25) is 0 Å². The quantitative estimate of drug-likeness (QED) is 0.834. The van der Waals surface area contributed by atoms with Crippen LogP contribution in [-0.2, 0) is 10.0 Å². The van der Waals surface area contributed by atoms with Crippen LogP contribution in [0.2, 0.25) is 0 Å². The maximum Gasteiger partial charge on any atom is 0.245 e. The van der Waals surface area contributed by atoms with Crippen LogP contribution in [0.1, 0.15) is 36.8 Å². The number of nitrogens with zero attached hydrogens (tertiary/aromatic N) is 1. The molecule has 1 aliphatic carbocycles. The second kappa shape index (κ2) is 5.94. The number of likely N-dealkylation sites (N-methyl/N-ethyl adjacent to an activating group) is 1.